The van der Waals surface area contributed by atoms with Gasteiger partial charge >= 0.3 is 0 Å². The summed E-state index contributed by atoms with van der Waals surface area (Å²) in [5.74, 6) is 0.498. The Bertz CT molecular complexity index is 592. The van der Waals surface area contributed by atoms with E-state index in [0.29, 0.717) is 19.0 Å². The topological polar surface area (TPSA) is 92.6 Å². The van der Waals surface area contributed by atoms with Crippen LogP contribution in [0.2, 0.25) is 0 Å². The van der Waals surface area contributed by atoms with E-state index in [1.807, 2.05) is 7.05 Å². The van der Waals surface area contributed by atoms with Crippen molar-refractivity contribution in [3.8, 4) is 0 Å². The molecule has 8 heteroatoms. The zero-order valence-electron chi connectivity index (χ0n) is 11.9. The Hall–Kier alpha value is -1.51. The first-order chi connectivity index (χ1) is 9.95. The second-order valence-corrected chi connectivity index (χ2v) is 7.09. The average molecular weight is 313 g/mol. The van der Waals surface area contributed by atoms with Gasteiger partial charge in [-0.15, -0.1) is 0 Å². The van der Waals surface area contributed by atoms with E-state index < -0.39 is 14.9 Å². The minimum absolute atomic E-state index is 0.110. The fraction of sp³-hybridized carbons (Fsp3) is 0.538. The summed E-state index contributed by atoms with van der Waals surface area (Å²) in [7, 11) is -1.66. The van der Waals surface area contributed by atoms with Crippen LogP contribution in [-0.4, -0.2) is 44.3 Å². The van der Waals surface area contributed by atoms with E-state index >= 15 is 0 Å². The summed E-state index contributed by atoms with van der Waals surface area (Å²) in [5.41, 5.74) is -0.110. The van der Waals surface area contributed by atoms with Crippen molar-refractivity contribution >= 4 is 15.7 Å². The second kappa shape index (κ2) is 6.50. The molecule has 0 saturated carbocycles. The molecule has 1 aliphatic heterocycles. The van der Waals surface area contributed by atoms with E-state index in [2.05, 4.69) is 5.32 Å². The van der Waals surface area contributed by atoms with Gasteiger partial charge in [0.1, 0.15) is 0 Å². The van der Waals surface area contributed by atoms with Crippen molar-refractivity contribution < 1.29 is 13.3 Å². The predicted octanol–water partition coefficient (Wildman–Crippen LogP) is 1.21. The first-order valence-electron chi connectivity index (χ1n) is 6.84. The smallest absolute Gasteiger partial charge is 0.269 e. The Morgan fingerprint density at radius 2 is 1.86 bits per heavy atom. The quantitative estimate of drug-likeness (QED) is 0.651. The maximum Gasteiger partial charge on any atom is 0.269 e. The fourth-order valence-corrected chi connectivity index (χ4v) is 4.00. The molecular formula is C13H19N3O4S. The second-order valence-electron chi connectivity index (χ2n) is 5.16. The SMILES string of the molecule is CNCC1CCN(S(=O)(=O)c2ccc([N+](=O)[O-])cc2)CC1. The van der Waals surface area contributed by atoms with Gasteiger partial charge in [-0.05, 0) is 44.5 Å². The van der Waals surface area contributed by atoms with Gasteiger partial charge in [0.15, 0.2) is 0 Å². The molecule has 0 amide bonds. The van der Waals surface area contributed by atoms with Crippen molar-refractivity contribution in [1.29, 1.82) is 0 Å². The van der Waals surface area contributed by atoms with Gasteiger partial charge in [-0.2, -0.15) is 4.31 Å². The highest BCUT2D eigenvalue weighted by Gasteiger charge is 2.29. The zero-order chi connectivity index (χ0) is 15.5. The first-order valence-corrected chi connectivity index (χ1v) is 8.28. The lowest BCUT2D eigenvalue weighted by Gasteiger charge is -2.31. The Morgan fingerprint density at radius 3 is 2.33 bits per heavy atom. The van der Waals surface area contributed by atoms with Crippen LogP contribution in [0.5, 0.6) is 0 Å². The summed E-state index contributed by atoms with van der Waals surface area (Å²) in [4.78, 5) is 10.2. The number of non-ortho nitro benzene ring substituents is 1. The number of hydrogen-bond acceptors (Lipinski definition) is 5. The minimum atomic E-state index is -3.55. The van der Waals surface area contributed by atoms with E-state index in [-0.39, 0.29) is 10.6 Å². The molecule has 7 nitrogen and oxygen atoms in total. The van der Waals surface area contributed by atoms with E-state index in [1.54, 1.807) is 0 Å². The lowest BCUT2D eigenvalue weighted by molar-refractivity contribution is -0.384. The molecule has 1 fully saturated rings. The number of benzene rings is 1. The molecule has 1 heterocycles. The van der Waals surface area contributed by atoms with Gasteiger partial charge in [-0.3, -0.25) is 10.1 Å². The summed E-state index contributed by atoms with van der Waals surface area (Å²) in [5, 5.41) is 13.7. The van der Waals surface area contributed by atoms with Crippen molar-refractivity contribution in [2.75, 3.05) is 26.7 Å². The number of nitrogens with zero attached hydrogens (tertiary/aromatic N) is 2. The molecule has 21 heavy (non-hydrogen) atoms. The number of piperidine rings is 1. The van der Waals surface area contributed by atoms with Crippen LogP contribution < -0.4 is 5.32 Å². The Morgan fingerprint density at radius 1 is 1.29 bits per heavy atom. The molecule has 1 saturated heterocycles. The molecule has 0 aliphatic carbocycles. The predicted molar refractivity (Wildman–Crippen MR) is 78.5 cm³/mol. The van der Waals surface area contributed by atoms with E-state index in [9.17, 15) is 18.5 Å². The summed E-state index contributed by atoms with van der Waals surface area (Å²) < 4.78 is 26.4. The third-order valence-electron chi connectivity index (χ3n) is 3.75. The molecule has 0 unspecified atom stereocenters. The molecule has 0 radical (unpaired) electrons. The van der Waals surface area contributed by atoms with Crippen LogP contribution in [0.3, 0.4) is 0 Å². The lowest BCUT2D eigenvalue weighted by Crippen LogP contribution is -2.40. The molecule has 116 valence electrons. The summed E-state index contributed by atoms with van der Waals surface area (Å²) >= 11 is 0. The van der Waals surface area contributed by atoms with Crippen LogP contribution in [-0.2, 0) is 10.0 Å². The third-order valence-corrected chi connectivity index (χ3v) is 5.66. The highest BCUT2D eigenvalue weighted by atomic mass is 32.2. The van der Waals surface area contributed by atoms with Crippen molar-refractivity contribution in [2.24, 2.45) is 5.92 Å². The van der Waals surface area contributed by atoms with Crippen molar-refractivity contribution in [3.63, 3.8) is 0 Å². The van der Waals surface area contributed by atoms with Crippen molar-refractivity contribution in [3.05, 3.63) is 34.4 Å². The van der Waals surface area contributed by atoms with Gasteiger partial charge in [-0.1, -0.05) is 0 Å². The monoisotopic (exact) mass is 313 g/mol. The molecular weight excluding hydrogens is 294 g/mol. The Labute approximate surface area is 124 Å². The molecule has 1 aromatic carbocycles. The number of nitro groups is 1. The van der Waals surface area contributed by atoms with Gasteiger partial charge in [0.25, 0.3) is 5.69 Å². The molecule has 2 rings (SSSR count). The molecule has 1 N–H and O–H groups in total. The Kier molecular flexibility index (Phi) is 4.92. The number of hydrogen-bond donors (Lipinski definition) is 1. The highest BCUT2D eigenvalue weighted by Crippen LogP contribution is 2.24. The lowest BCUT2D eigenvalue weighted by atomic mass is 9.98. The summed E-state index contributed by atoms with van der Waals surface area (Å²) in [6.07, 6.45) is 1.65. The standard InChI is InChI=1S/C13H19N3O4S/c1-14-10-11-6-8-15(9-7-11)21(19,20)13-4-2-12(3-5-13)16(17)18/h2-5,11,14H,6-10H2,1H3. The van der Waals surface area contributed by atoms with E-state index in [0.717, 1.165) is 19.4 Å². The van der Waals surface area contributed by atoms with E-state index in [4.69, 9.17) is 0 Å². The maximum absolute atomic E-state index is 12.5. The number of sulfonamides is 1. The van der Waals surface area contributed by atoms with Crippen molar-refractivity contribution in [2.45, 2.75) is 17.7 Å². The molecule has 1 aliphatic rings. The Balaban J connectivity index is 2.10. The van der Waals surface area contributed by atoms with E-state index in [1.165, 1.54) is 28.6 Å². The zero-order valence-corrected chi connectivity index (χ0v) is 12.7. The first kappa shape index (κ1) is 15.9. The normalized spacial score (nSPS) is 17.8. The van der Waals surface area contributed by atoms with Crippen LogP contribution in [0.1, 0.15) is 12.8 Å². The molecule has 1 aromatic rings. The van der Waals surface area contributed by atoms with Gasteiger partial charge < -0.3 is 5.32 Å². The fourth-order valence-electron chi connectivity index (χ4n) is 2.53. The van der Waals surface area contributed by atoms with Gasteiger partial charge in [-0.25, -0.2) is 8.42 Å². The average Bonchev–Trinajstić information content (AvgIpc) is 2.48. The van der Waals surface area contributed by atoms with Crippen LogP contribution in [0.25, 0.3) is 0 Å². The van der Waals surface area contributed by atoms with Gasteiger partial charge in [0, 0.05) is 25.2 Å². The molecule has 0 aromatic heterocycles. The summed E-state index contributed by atoms with van der Waals surface area (Å²) in [6, 6.07) is 5.04. The minimum Gasteiger partial charge on any atom is -0.319 e. The van der Waals surface area contributed by atoms with Gasteiger partial charge in [0.2, 0.25) is 10.0 Å². The number of nitro benzene ring substituents is 1. The number of nitrogens with one attached hydrogen (secondary N) is 1. The van der Waals surface area contributed by atoms with Crippen LogP contribution >= 0.6 is 0 Å². The largest absolute Gasteiger partial charge is 0.319 e. The highest BCUT2D eigenvalue weighted by molar-refractivity contribution is 7.89. The maximum atomic E-state index is 12.5. The third kappa shape index (κ3) is 3.58. The number of rotatable bonds is 5. The van der Waals surface area contributed by atoms with Crippen LogP contribution in [0.15, 0.2) is 29.2 Å². The van der Waals surface area contributed by atoms with Crippen molar-refractivity contribution in [1.82, 2.24) is 9.62 Å². The molecule has 0 atom stereocenters. The molecule has 0 spiro atoms. The van der Waals surface area contributed by atoms with Gasteiger partial charge in [0.05, 0.1) is 9.82 Å². The summed E-state index contributed by atoms with van der Waals surface area (Å²) in [6.45, 7) is 1.88. The van der Waals surface area contributed by atoms with Crippen LogP contribution in [0.4, 0.5) is 5.69 Å². The van der Waals surface area contributed by atoms with Crippen LogP contribution in [0, 0.1) is 16.0 Å². The molecule has 0 bridgehead atoms.